The molecule has 2 rings (SSSR count). The van der Waals surface area contributed by atoms with E-state index in [0.29, 0.717) is 12.8 Å². The molecule has 1 aliphatic heterocycles. The number of aliphatic hydroxyl groups excluding tert-OH is 1. The van der Waals surface area contributed by atoms with Gasteiger partial charge in [-0.15, -0.1) is 0 Å². The Balaban J connectivity index is 2.11. The van der Waals surface area contributed by atoms with Crippen LogP contribution < -0.4 is 0 Å². The molecule has 1 N–H and O–H groups in total. The van der Waals surface area contributed by atoms with Crippen LogP contribution in [0, 0.1) is 5.92 Å². The first kappa shape index (κ1) is 8.01. The van der Waals surface area contributed by atoms with Crippen molar-refractivity contribution >= 4 is 5.97 Å². The smallest absolute Gasteiger partial charge is 0.306 e. The van der Waals surface area contributed by atoms with E-state index in [-0.39, 0.29) is 24.1 Å². The third-order valence-electron chi connectivity index (χ3n) is 2.71. The third kappa shape index (κ3) is 1.03. The second-order valence-electron chi connectivity index (χ2n) is 3.40. The van der Waals surface area contributed by atoms with Gasteiger partial charge in [0.2, 0.25) is 0 Å². The van der Waals surface area contributed by atoms with Crippen molar-refractivity contribution in [2.45, 2.75) is 31.2 Å². The molecule has 0 spiro atoms. The highest BCUT2D eigenvalue weighted by Crippen LogP contribution is 2.38. The van der Waals surface area contributed by atoms with Gasteiger partial charge >= 0.3 is 5.97 Å². The Hall–Kier alpha value is -0.610. The predicted octanol–water partition coefficient (Wildman–Crippen LogP) is -0.302. The summed E-state index contributed by atoms with van der Waals surface area (Å²) in [5, 5.41) is 9.46. The van der Waals surface area contributed by atoms with E-state index in [9.17, 15) is 9.90 Å². The number of carbonyl (C=O) groups is 1. The van der Waals surface area contributed by atoms with Gasteiger partial charge in [-0.1, -0.05) is 0 Å². The molecule has 4 heteroatoms. The lowest BCUT2D eigenvalue weighted by molar-refractivity contribution is -0.142. The van der Waals surface area contributed by atoms with Crippen LogP contribution in [0.2, 0.25) is 0 Å². The minimum absolute atomic E-state index is 0.0671. The Kier molecular flexibility index (Phi) is 1.81. The van der Waals surface area contributed by atoms with E-state index in [1.54, 1.807) is 7.11 Å². The maximum Gasteiger partial charge on any atom is 0.306 e. The highest BCUT2D eigenvalue weighted by molar-refractivity contribution is 5.72. The van der Waals surface area contributed by atoms with Crippen molar-refractivity contribution in [3.8, 4) is 0 Å². The standard InChI is InChI=1S/C8H12O4/c1-11-8-4-2-7(10)12-6(4)3-5(8)9/h4-6,8-9H,2-3H2,1H3. The molecular formula is C8H12O4. The molecule has 2 fully saturated rings. The maximum absolute atomic E-state index is 10.9. The molecule has 0 aromatic heterocycles. The molecule has 1 saturated carbocycles. The van der Waals surface area contributed by atoms with E-state index in [1.165, 1.54) is 0 Å². The lowest BCUT2D eigenvalue weighted by Gasteiger charge is -2.16. The molecule has 4 atom stereocenters. The van der Waals surface area contributed by atoms with Crippen molar-refractivity contribution in [2.75, 3.05) is 7.11 Å². The summed E-state index contributed by atoms with van der Waals surface area (Å²) in [7, 11) is 1.55. The molecule has 2 aliphatic rings. The van der Waals surface area contributed by atoms with Crippen LogP contribution in [-0.4, -0.2) is 36.5 Å². The lowest BCUT2D eigenvalue weighted by atomic mass is 10.0. The zero-order valence-electron chi connectivity index (χ0n) is 6.90. The molecule has 4 nitrogen and oxygen atoms in total. The molecule has 4 unspecified atom stereocenters. The van der Waals surface area contributed by atoms with Gasteiger partial charge in [0.25, 0.3) is 0 Å². The Morgan fingerprint density at radius 2 is 2.42 bits per heavy atom. The van der Waals surface area contributed by atoms with E-state index < -0.39 is 6.10 Å². The number of fused-ring (bicyclic) bond motifs is 1. The highest BCUT2D eigenvalue weighted by Gasteiger charge is 2.49. The first-order valence-corrected chi connectivity index (χ1v) is 4.12. The zero-order valence-corrected chi connectivity index (χ0v) is 6.90. The first-order chi connectivity index (χ1) is 5.72. The fraction of sp³-hybridized carbons (Fsp3) is 0.875. The van der Waals surface area contributed by atoms with Gasteiger partial charge in [0.05, 0.1) is 18.6 Å². The summed E-state index contributed by atoms with van der Waals surface area (Å²) in [5.41, 5.74) is 0. The Morgan fingerprint density at radius 3 is 3.08 bits per heavy atom. The normalized spacial score (nSPS) is 46.0. The monoisotopic (exact) mass is 172 g/mol. The van der Waals surface area contributed by atoms with Crippen molar-refractivity contribution < 1.29 is 19.4 Å². The minimum atomic E-state index is -0.474. The van der Waals surface area contributed by atoms with E-state index in [1.807, 2.05) is 0 Å². The average molecular weight is 172 g/mol. The van der Waals surface area contributed by atoms with Crippen molar-refractivity contribution in [2.24, 2.45) is 5.92 Å². The van der Waals surface area contributed by atoms with Gasteiger partial charge in [0.1, 0.15) is 6.10 Å². The molecule has 0 aromatic carbocycles. The molecule has 0 bridgehead atoms. The summed E-state index contributed by atoms with van der Waals surface area (Å²) in [4.78, 5) is 10.9. The number of esters is 1. The quantitative estimate of drug-likeness (QED) is 0.551. The van der Waals surface area contributed by atoms with Gasteiger partial charge < -0.3 is 14.6 Å². The van der Waals surface area contributed by atoms with E-state index >= 15 is 0 Å². The minimum Gasteiger partial charge on any atom is -0.462 e. The number of rotatable bonds is 1. The van der Waals surface area contributed by atoms with E-state index in [2.05, 4.69) is 0 Å². The van der Waals surface area contributed by atoms with Gasteiger partial charge in [-0.2, -0.15) is 0 Å². The second-order valence-corrected chi connectivity index (χ2v) is 3.40. The summed E-state index contributed by atoms with van der Waals surface area (Å²) in [6.45, 7) is 0. The molecule has 0 amide bonds. The number of aliphatic hydroxyl groups is 1. The summed E-state index contributed by atoms with van der Waals surface area (Å²) < 4.78 is 10.1. The maximum atomic E-state index is 10.9. The summed E-state index contributed by atoms with van der Waals surface area (Å²) >= 11 is 0. The molecule has 0 aromatic rings. The zero-order chi connectivity index (χ0) is 8.72. The van der Waals surface area contributed by atoms with Crippen molar-refractivity contribution in [3.63, 3.8) is 0 Å². The molecule has 1 aliphatic carbocycles. The summed E-state index contributed by atoms with van der Waals surface area (Å²) in [6, 6.07) is 0. The largest absolute Gasteiger partial charge is 0.462 e. The number of hydrogen-bond donors (Lipinski definition) is 1. The summed E-state index contributed by atoms with van der Waals surface area (Å²) in [6.07, 6.45) is 0.104. The lowest BCUT2D eigenvalue weighted by Crippen LogP contribution is -2.28. The molecule has 12 heavy (non-hydrogen) atoms. The van der Waals surface area contributed by atoms with Crippen LogP contribution in [0.25, 0.3) is 0 Å². The fourth-order valence-electron chi connectivity index (χ4n) is 2.17. The van der Waals surface area contributed by atoms with Gasteiger partial charge in [-0.25, -0.2) is 0 Å². The van der Waals surface area contributed by atoms with Gasteiger partial charge in [0, 0.05) is 19.4 Å². The molecule has 0 radical (unpaired) electrons. The van der Waals surface area contributed by atoms with Gasteiger partial charge in [0.15, 0.2) is 0 Å². The highest BCUT2D eigenvalue weighted by atomic mass is 16.6. The number of methoxy groups -OCH3 is 1. The molecular weight excluding hydrogens is 160 g/mol. The van der Waals surface area contributed by atoms with Crippen LogP contribution in [0.5, 0.6) is 0 Å². The molecule has 1 heterocycles. The fourth-order valence-corrected chi connectivity index (χ4v) is 2.17. The van der Waals surface area contributed by atoms with Crippen LogP contribution in [-0.2, 0) is 14.3 Å². The van der Waals surface area contributed by atoms with Crippen molar-refractivity contribution in [1.29, 1.82) is 0 Å². The summed E-state index contributed by atoms with van der Waals surface area (Å²) in [5.74, 6) is -0.101. The number of ether oxygens (including phenoxy) is 2. The number of carbonyl (C=O) groups excluding carboxylic acids is 1. The average Bonchev–Trinajstić information content (AvgIpc) is 2.43. The third-order valence-corrected chi connectivity index (χ3v) is 2.71. The SMILES string of the molecule is COC1C(O)CC2OC(=O)CC21. The number of hydrogen-bond acceptors (Lipinski definition) is 4. The molecule has 1 saturated heterocycles. The topological polar surface area (TPSA) is 55.8 Å². The Morgan fingerprint density at radius 1 is 1.67 bits per heavy atom. The van der Waals surface area contributed by atoms with Gasteiger partial charge in [-0.05, 0) is 0 Å². The van der Waals surface area contributed by atoms with E-state index in [0.717, 1.165) is 0 Å². The second kappa shape index (κ2) is 2.71. The molecule has 68 valence electrons. The van der Waals surface area contributed by atoms with Crippen LogP contribution in [0.3, 0.4) is 0 Å². The Labute approximate surface area is 70.5 Å². The predicted molar refractivity (Wildman–Crippen MR) is 39.4 cm³/mol. The van der Waals surface area contributed by atoms with Crippen LogP contribution in [0.4, 0.5) is 0 Å². The van der Waals surface area contributed by atoms with Crippen LogP contribution in [0.1, 0.15) is 12.8 Å². The first-order valence-electron chi connectivity index (χ1n) is 4.12. The Bertz CT molecular complexity index is 203. The van der Waals surface area contributed by atoms with Crippen molar-refractivity contribution in [3.05, 3.63) is 0 Å². The van der Waals surface area contributed by atoms with Crippen LogP contribution in [0.15, 0.2) is 0 Å². The van der Waals surface area contributed by atoms with E-state index in [4.69, 9.17) is 9.47 Å². The van der Waals surface area contributed by atoms with Crippen LogP contribution >= 0.6 is 0 Å². The van der Waals surface area contributed by atoms with Crippen molar-refractivity contribution in [1.82, 2.24) is 0 Å². The van der Waals surface area contributed by atoms with Gasteiger partial charge in [-0.3, -0.25) is 4.79 Å².